The fourth-order valence-corrected chi connectivity index (χ4v) is 9.48. The molecule has 65 heavy (non-hydrogen) atoms. The minimum absolute atomic E-state index is 0.144. The molecule has 6 bridgehead atoms. The fraction of sp³-hybridized carbons (Fsp3) is 0.500. The van der Waals surface area contributed by atoms with E-state index in [0.717, 1.165) is 44.4 Å². The van der Waals surface area contributed by atoms with Crippen molar-refractivity contribution in [3.63, 3.8) is 0 Å². The number of amides is 4. The maximum absolute atomic E-state index is 14.7. The van der Waals surface area contributed by atoms with Gasteiger partial charge in [0.25, 0.3) is 11.8 Å². The molecule has 4 amide bonds. The van der Waals surface area contributed by atoms with E-state index in [1.54, 1.807) is 11.9 Å². The molecule has 15 heteroatoms. The number of rotatable bonds is 8. The number of carbonyl (C=O) groups is 5. The van der Waals surface area contributed by atoms with E-state index < -0.39 is 47.2 Å². The lowest BCUT2D eigenvalue weighted by molar-refractivity contribution is -0.155. The average Bonchev–Trinajstić information content (AvgIpc) is 3.90. The molecule has 2 aromatic carbocycles. The number of hydrogen-bond donors (Lipinski definition) is 2. The number of benzene rings is 2. The number of nitrogens with one attached hydrogen (secondary N) is 2. The molecule has 2 aromatic heterocycles. The van der Waals surface area contributed by atoms with Crippen LogP contribution in [0.3, 0.4) is 0 Å². The molecule has 344 valence electrons. The lowest BCUT2D eigenvalue weighted by Crippen LogP contribution is -2.62. The molecule has 4 aromatic rings. The molecule has 0 spiro atoms. The van der Waals surface area contributed by atoms with Crippen LogP contribution in [0.2, 0.25) is 0 Å². The first kappa shape index (κ1) is 46.9. The Bertz CT molecular complexity index is 2490. The number of hydrazine groups is 1. The van der Waals surface area contributed by atoms with Crippen LogP contribution >= 0.6 is 0 Å². The smallest absolute Gasteiger partial charge is 0.324 e. The highest BCUT2D eigenvalue weighted by Gasteiger charge is 2.40. The first-order valence-electron chi connectivity index (χ1n) is 22.8. The van der Waals surface area contributed by atoms with E-state index in [9.17, 15) is 24.0 Å². The largest absolute Gasteiger partial charge is 0.464 e. The zero-order chi connectivity index (χ0) is 46.6. The third-order valence-corrected chi connectivity index (χ3v) is 12.7. The van der Waals surface area contributed by atoms with Crippen LogP contribution in [0.1, 0.15) is 65.0 Å². The Balaban J connectivity index is 1.22. The standard InChI is InChI=1S/C50H63N9O6/c1-9-58-42-18-17-35-25-38(42)39(45(58)37-27-51-31-52-28-37)26-50(4,5)30-65-49(64)40-15-11-21-59(54-40)48(63)41(24-33-13-10-14-34(35)23-33)53-46(61)44(32(2)3)56(8)47(62)36-19-22-57(29-36)43(60)16-12-20-55(6)7/h10,13-14,17-18,23,25,27-28,31-32,36,40-41,44,54H,9,11,15,19-22,24,26,29-30H2,1-8H3,(H,53,61)/t36-,40-,41-,44-/m0/s1. The summed E-state index contributed by atoms with van der Waals surface area (Å²) >= 11 is 0. The van der Waals surface area contributed by atoms with Crippen LogP contribution < -0.4 is 10.7 Å². The van der Waals surface area contributed by atoms with E-state index in [-0.39, 0.29) is 37.3 Å². The highest BCUT2D eigenvalue weighted by Crippen LogP contribution is 2.40. The van der Waals surface area contributed by atoms with Crippen molar-refractivity contribution in [3.8, 4) is 34.2 Å². The van der Waals surface area contributed by atoms with E-state index in [2.05, 4.69) is 82.2 Å². The van der Waals surface area contributed by atoms with Crippen molar-refractivity contribution >= 4 is 40.5 Å². The second-order valence-corrected chi connectivity index (χ2v) is 19.1. The lowest BCUT2D eigenvalue weighted by atomic mass is 9.84. The summed E-state index contributed by atoms with van der Waals surface area (Å²) in [6.07, 6.45) is 7.42. The molecule has 2 fully saturated rings. The molecule has 0 radical (unpaired) electrons. The van der Waals surface area contributed by atoms with Gasteiger partial charge in [-0.1, -0.05) is 63.9 Å². The van der Waals surface area contributed by atoms with Crippen molar-refractivity contribution in [1.29, 1.82) is 0 Å². The molecule has 5 heterocycles. The number of hydrogen-bond acceptors (Lipinski definition) is 10. The van der Waals surface area contributed by atoms with Crippen molar-refractivity contribution in [2.24, 2.45) is 17.3 Å². The van der Waals surface area contributed by atoms with Gasteiger partial charge in [-0.05, 0) is 92.9 Å². The topological polar surface area (TPSA) is 162 Å². The van der Waals surface area contributed by atoms with Crippen LogP contribution in [0.4, 0.5) is 0 Å². The average molecular weight is 886 g/mol. The highest BCUT2D eigenvalue weighted by molar-refractivity contribution is 5.96. The number of fused-ring (bicyclic) bond motifs is 6. The summed E-state index contributed by atoms with van der Waals surface area (Å²) in [5, 5.41) is 5.57. The second kappa shape index (κ2) is 20.0. The fourth-order valence-electron chi connectivity index (χ4n) is 9.48. The molecule has 2 saturated heterocycles. The molecule has 3 aliphatic heterocycles. The zero-order valence-electron chi connectivity index (χ0n) is 39.0. The highest BCUT2D eigenvalue weighted by atomic mass is 16.5. The maximum Gasteiger partial charge on any atom is 0.324 e. The third-order valence-electron chi connectivity index (χ3n) is 12.7. The summed E-state index contributed by atoms with van der Waals surface area (Å²) < 4.78 is 8.35. The van der Waals surface area contributed by atoms with Gasteiger partial charge >= 0.3 is 5.97 Å². The lowest BCUT2D eigenvalue weighted by Gasteiger charge is -2.37. The quantitative estimate of drug-likeness (QED) is 0.193. The van der Waals surface area contributed by atoms with Gasteiger partial charge in [-0.25, -0.2) is 15.4 Å². The number of nitrogens with zero attached hydrogens (tertiary/aromatic N) is 7. The number of esters is 1. The monoisotopic (exact) mass is 885 g/mol. The molecule has 0 saturated carbocycles. The summed E-state index contributed by atoms with van der Waals surface area (Å²) in [6, 6.07) is 11.7. The summed E-state index contributed by atoms with van der Waals surface area (Å²) in [5.41, 5.74) is 9.52. The number of likely N-dealkylation sites (tertiary alicyclic amines) is 1. The molecule has 0 aliphatic carbocycles. The van der Waals surface area contributed by atoms with Gasteiger partial charge < -0.3 is 24.4 Å². The molecular weight excluding hydrogens is 823 g/mol. The van der Waals surface area contributed by atoms with Gasteiger partial charge in [0.2, 0.25) is 11.8 Å². The first-order valence-corrected chi connectivity index (χ1v) is 22.8. The zero-order valence-corrected chi connectivity index (χ0v) is 39.0. The van der Waals surface area contributed by atoms with Gasteiger partial charge in [0, 0.05) is 73.9 Å². The Morgan fingerprint density at radius 3 is 2.48 bits per heavy atom. The second-order valence-electron chi connectivity index (χ2n) is 19.1. The van der Waals surface area contributed by atoms with Crippen LogP contribution in [0.15, 0.2) is 61.2 Å². The summed E-state index contributed by atoms with van der Waals surface area (Å²) in [7, 11) is 5.36. The predicted octanol–water partition coefficient (Wildman–Crippen LogP) is 4.33. The Labute approximate surface area is 382 Å². The number of carbonyl (C=O) groups excluding carboxylic acids is 5. The van der Waals surface area contributed by atoms with Crippen molar-refractivity contribution in [1.82, 2.24) is 45.0 Å². The molecule has 3 aliphatic rings. The summed E-state index contributed by atoms with van der Waals surface area (Å²) in [4.78, 5) is 83.5. The van der Waals surface area contributed by atoms with Crippen LogP contribution in [0.5, 0.6) is 0 Å². The molecular formula is C50H63N9O6. The number of likely N-dealkylation sites (N-methyl/N-ethyl adjacent to an activating group) is 1. The van der Waals surface area contributed by atoms with Crippen molar-refractivity contribution in [2.45, 2.75) is 91.4 Å². The van der Waals surface area contributed by atoms with E-state index in [4.69, 9.17) is 4.74 Å². The molecule has 15 nitrogen and oxygen atoms in total. The first-order chi connectivity index (χ1) is 31.0. The van der Waals surface area contributed by atoms with Gasteiger partial charge in [-0.2, -0.15) is 0 Å². The van der Waals surface area contributed by atoms with E-state index in [1.807, 2.05) is 63.4 Å². The number of aryl methyl sites for hydroxylation is 1. The van der Waals surface area contributed by atoms with E-state index in [1.165, 1.54) is 16.2 Å². The molecule has 2 N–H and O–H groups in total. The van der Waals surface area contributed by atoms with Gasteiger partial charge in [0.05, 0.1) is 24.8 Å². The van der Waals surface area contributed by atoms with Crippen LogP contribution in [-0.2, 0) is 48.1 Å². The molecule has 7 rings (SSSR count). The van der Waals surface area contributed by atoms with Crippen LogP contribution in [-0.4, -0.2) is 136 Å². The van der Waals surface area contributed by atoms with E-state index in [0.29, 0.717) is 51.9 Å². The van der Waals surface area contributed by atoms with Crippen molar-refractivity contribution in [3.05, 3.63) is 72.3 Å². The Kier molecular flexibility index (Phi) is 14.4. The normalized spacial score (nSPS) is 20.5. The van der Waals surface area contributed by atoms with Crippen LogP contribution in [0, 0.1) is 29.1 Å². The number of ether oxygens (including phenoxy) is 1. The summed E-state index contributed by atoms with van der Waals surface area (Å²) in [6.45, 7) is 12.3. The van der Waals surface area contributed by atoms with Gasteiger partial charge in [-0.15, -0.1) is 0 Å². The van der Waals surface area contributed by atoms with Crippen molar-refractivity contribution in [2.75, 3.05) is 53.9 Å². The predicted molar refractivity (Wildman–Crippen MR) is 248 cm³/mol. The number of cyclic esters (lactones) is 1. The SMILES string of the molecule is CCn1c(-c2cncnc2)c2c3cc(ccc31)-c1cccc(c1)C[C@H](NC(=O)[C@H](C(C)C)N(C)C(=O)[C@H]1CCN(C(=O)C#CCN(C)C)C1)C(=O)N1CCC[C@H](N1)C(=O)OCC(C)(C)C2. The van der Waals surface area contributed by atoms with Crippen LogP contribution in [0.25, 0.3) is 33.3 Å². The molecule has 4 atom stereocenters. The number of aromatic nitrogens is 3. The maximum atomic E-state index is 14.7. The van der Waals surface area contributed by atoms with Gasteiger partial charge in [-0.3, -0.25) is 33.9 Å². The Morgan fingerprint density at radius 2 is 1.75 bits per heavy atom. The minimum atomic E-state index is -1.05. The Morgan fingerprint density at radius 1 is 1.00 bits per heavy atom. The Hall–Kier alpha value is -6.11. The van der Waals surface area contributed by atoms with Gasteiger partial charge in [0.1, 0.15) is 24.5 Å². The minimum Gasteiger partial charge on any atom is -0.464 e. The van der Waals surface area contributed by atoms with Gasteiger partial charge in [0.15, 0.2) is 0 Å². The molecule has 0 unspecified atom stereocenters. The van der Waals surface area contributed by atoms with E-state index >= 15 is 0 Å². The summed E-state index contributed by atoms with van der Waals surface area (Å²) in [5.74, 6) is 2.83. The van der Waals surface area contributed by atoms with Crippen molar-refractivity contribution < 1.29 is 28.7 Å². The third kappa shape index (κ3) is 10.6.